The van der Waals surface area contributed by atoms with Crippen LogP contribution in [0, 0.1) is 0 Å². The van der Waals surface area contributed by atoms with Crippen molar-refractivity contribution in [3.63, 3.8) is 0 Å². The van der Waals surface area contributed by atoms with Crippen LogP contribution in [0.4, 0.5) is 0 Å². The fraction of sp³-hybridized carbons (Fsp3) is 0.529. The number of nitrogens with two attached hydrogens (primary N) is 1. The highest BCUT2D eigenvalue weighted by atomic mass is 28.4. The second-order valence-electron chi connectivity index (χ2n) is 5.29. The zero-order valence-corrected chi connectivity index (χ0v) is 15.4. The SMILES string of the molecule is C=CN(CCN)CCC[Si](OC)(OC)OCCc1ccccc1. The predicted octanol–water partition coefficient (Wildman–Crippen LogP) is 2.27. The first-order valence-electron chi connectivity index (χ1n) is 8.04. The van der Waals surface area contributed by atoms with Gasteiger partial charge in [0.2, 0.25) is 0 Å². The van der Waals surface area contributed by atoms with Gasteiger partial charge in [-0.2, -0.15) is 0 Å². The van der Waals surface area contributed by atoms with Gasteiger partial charge in [-0.05, 0) is 24.6 Å². The molecular weight excluding hydrogens is 308 g/mol. The molecule has 0 radical (unpaired) electrons. The summed E-state index contributed by atoms with van der Waals surface area (Å²) in [6.45, 7) is 6.72. The van der Waals surface area contributed by atoms with E-state index in [2.05, 4.69) is 23.6 Å². The molecule has 5 nitrogen and oxygen atoms in total. The molecule has 6 heteroatoms. The van der Waals surface area contributed by atoms with Crippen molar-refractivity contribution in [1.82, 2.24) is 4.90 Å². The van der Waals surface area contributed by atoms with Crippen LogP contribution in [0.25, 0.3) is 0 Å². The van der Waals surface area contributed by atoms with Crippen molar-refractivity contribution in [3.05, 3.63) is 48.7 Å². The molecule has 0 aliphatic heterocycles. The Labute approximate surface area is 141 Å². The summed E-state index contributed by atoms with van der Waals surface area (Å²) >= 11 is 0. The molecule has 0 atom stereocenters. The first-order valence-corrected chi connectivity index (χ1v) is 9.97. The fourth-order valence-electron chi connectivity index (χ4n) is 2.41. The fourth-order valence-corrected chi connectivity index (χ4v) is 4.36. The van der Waals surface area contributed by atoms with E-state index in [1.54, 1.807) is 14.2 Å². The lowest BCUT2D eigenvalue weighted by Crippen LogP contribution is -2.44. The maximum absolute atomic E-state index is 6.03. The summed E-state index contributed by atoms with van der Waals surface area (Å²) < 4.78 is 17.3. The third-order valence-electron chi connectivity index (χ3n) is 3.78. The summed E-state index contributed by atoms with van der Waals surface area (Å²) in [5, 5.41) is 0. The zero-order valence-electron chi connectivity index (χ0n) is 14.4. The van der Waals surface area contributed by atoms with E-state index in [0.717, 1.165) is 32.0 Å². The first-order chi connectivity index (χ1) is 11.2. The topological polar surface area (TPSA) is 57.0 Å². The van der Waals surface area contributed by atoms with Gasteiger partial charge in [0.1, 0.15) is 0 Å². The van der Waals surface area contributed by atoms with E-state index in [1.165, 1.54) is 5.56 Å². The Bertz CT molecular complexity index is 427. The van der Waals surface area contributed by atoms with E-state index in [4.69, 9.17) is 19.0 Å². The molecule has 0 aliphatic rings. The van der Waals surface area contributed by atoms with Crippen LogP contribution in [0.5, 0.6) is 0 Å². The van der Waals surface area contributed by atoms with E-state index in [-0.39, 0.29) is 0 Å². The van der Waals surface area contributed by atoms with Crippen LogP contribution in [-0.4, -0.2) is 54.2 Å². The molecule has 0 aromatic heterocycles. The number of nitrogens with zero attached hydrogens (tertiary/aromatic N) is 1. The quantitative estimate of drug-likeness (QED) is 0.559. The largest absolute Gasteiger partial charge is 0.500 e. The smallest absolute Gasteiger partial charge is 0.377 e. The summed E-state index contributed by atoms with van der Waals surface area (Å²) in [6.07, 6.45) is 3.60. The summed E-state index contributed by atoms with van der Waals surface area (Å²) in [5.74, 6) is 0. The number of hydrogen-bond acceptors (Lipinski definition) is 5. The van der Waals surface area contributed by atoms with E-state index < -0.39 is 8.80 Å². The minimum Gasteiger partial charge on any atom is -0.377 e. The second-order valence-corrected chi connectivity index (χ2v) is 8.26. The van der Waals surface area contributed by atoms with Gasteiger partial charge in [0, 0.05) is 46.5 Å². The second kappa shape index (κ2) is 11.4. The molecule has 1 aromatic rings. The van der Waals surface area contributed by atoms with Crippen LogP contribution in [0.2, 0.25) is 6.04 Å². The maximum atomic E-state index is 6.03. The van der Waals surface area contributed by atoms with E-state index in [9.17, 15) is 0 Å². The van der Waals surface area contributed by atoms with E-state index in [0.29, 0.717) is 13.2 Å². The van der Waals surface area contributed by atoms with Gasteiger partial charge >= 0.3 is 8.80 Å². The van der Waals surface area contributed by atoms with Crippen molar-refractivity contribution >= 4 is 8.80 Å². The van der Waals surface area contributed by atoms with Crippen molar-refractivity contribution < 1.29 is 13.3 Å². The van der Waals surface area contributed by atoms with Crippen molar-refractivity contribution in [2.24, 2.45) is 5.73 Å². The third-order valence-corrected chi connectivity index (χ3v) is 6.63. The minimum absolute atomic E-state index is 0.603. The van der Waals surface area contributed by atoms with Gasteiger partial charge in [0.05, 0.1) is 0 Å². The molecule has 0 amide bonds. The van der Waals surface area contributed by atoms with Gasteiger partial charge in [-0.25, -0.2) is 0 Å². The summed E-state index contributed by atoms with van der Waals surface area (Å²) in [6, 6.07) is 11.1. The summed E-state index contributed by atoms with van der Waals surface area (Å²) in [7, 11) is 0.748. The normalized spacial score (nSPS) is 11.4. The van der Waals surface area contributed by atoms with Crippen molar-refractivity contribution in [2.45, 2.75) is 18.9 Å². The lowest BCUT2D eigenvalue weighted by atomic mass is 10.2. The average molecular weight is 339 g/mol. The minimum atomic E-state index is -2.59. The highest BCUT2D eigenvalue weighted by molar-refractivity contribution is 6.60. The average Bonchev–Trinajstić information content (AvgIpc) is 2.60. The maximum Gasteiger partial charge on any atom is 0.500 e. The molecule has 0 saturated heterocycles. The Hall–Kier alpha value is -1.18. The molecule has 2 N–H and O–H groups in total. The molecule has 23 heavy (non-hydrogen) atoms. The molecule has 0 aliphatic carbocycles. The molecule has 0 fully saturated rings. The van der Waals surface area contributed by atoms with Crippen molar-refractivity contribution in [2.75, 3.05) is 40.5 Å². The van der Waals surface area contributed by atoms with Crippen molar-refractivity contribution in [3.8, 4) is 0 Å². The molecule has 1 aromatic carbocycles. The number of rotatable bonds is 13. The number of benzene rings is 1. The van der Waals surface area contributed by atoms with Crippen LogP contribution in [-0.2, 0) is 19.7 Å². The van der Waals surface area contributed by atoms with E-state index in [1.807, 2.05) is 24.4 Å². The Morgan fingerprint density at radius 2 is 1.87 bits per heavy atom. The Morgan fingerprint density at radius 3 is 2.43 bits per heavy atom. The molecule has 0 heterocycles. The van der Waals surface area contributed by atoms with Gasteiger partial charge < -0.3 is 23.9 Å². The van der Waals surface area contributed by atoms with E-state index >= 15 is 0 Å². The molecular formula is C17H30N2O3Si. The zero-order chi connectivity index (χ0) is 17.0. The van der Waals surface area contributed by atoms with Gasteiger partial charge in [-0.15, -0.1) is 0 Å². The predicted molar refractivity (Wildman–Crippen MR) is 96.1 cm³/mol. The van der Waals surface area contributed by atoms with Gasteiger partial charge in [-0.1, -0.05) is 36.9 Å². The standard InChI is InChI=1S/C17H30N2O3Si/c1-4-19(14-12-18)13-8-16-23(20-2,21-3)22-15-11-17-9-6-5-7-10-17/h4-7,9-10H,1,8,11-16,18H2,2-3H3. The highest BCUT2D eigenvalue weighted by Gasteiger charge is 2.38. The van der Waals surface area contributed by atoms with Crippen LogP contribution in [0.15, 0.2) is 43.1 Å². The molecule has 0 saturated carbocycles. The summed E-state index contributed by atoms with van der Waals surface area (Å²) in [5.41, 5.74) is 6.83. The molecule has 1 rings (SSSR count). The van der Waals surface area contributed by atoms with Crippen LogP contribution < -0.4 is 5.73 Å². The van der Waals surface area contributed by atoms with Gasteiger partial charge in [0.15, 0.2) is 0 Å². The van der Waals surface area contributed by atoms with Crippen LogP contribution in [0.1, 0.15) is 12.0 Å². The van der Waals surface area contributed by atoms with Crippen LogP contribution >= 0.6 is 0 Å². The first kappa shape index (κ1) is 19.9. The lowest BCUT2D eigenvalue weighted by Gasteiger charge is -2.27. The Morgan fingerprint density at radius 1 is 1.17 bits per heavy atom. The summed E-state index contributed by atoms with van der Waals surface area (Å²) in [4.78, 5) is 2.11. The van der Waals surface area contributed by atoms with Gasteiger partial charge in [-0.3, -0.25) is 0 Å². The van der Waals surface area contributed by atoms with Gasteiger partial charge in [0.25, 0.3) is 0 Å². The highest BCUT2D eigenvalue weighted by Crippen LogP contribution is 2.17. The Balaban J connectivity index is 2.42. The third kappa shape index (κ3) is 7.28. The molecule has 0 spiro atoms. The number of hydrogen-bond donors (Lipinski definition) is 1. The van der Waals surface area contributed by atoms with Crippen LogP contribution in [0.3, 0.4) is 0 Å². The monoisotopic (exact) mass is 338 g/mol. The Kier molecular flexibility index (Phi) is 9.82. The lowest BCUT2D eigenvalue weighted by molar-refractivity contribution is 0.0981. The molecule has 130 valence electrons. The molecule has 0 bridgehead atoms. The molecule has 0 unspecified atom stereocenters. The van der Waals surface area contributed by atoms with Crippen molar-refractivity contribution in [1.29, 1.82) is 0 Å².